The molecule has 4 nitrogen and oxygen atoms in total. The lowest BCUT2D eigenvalue weighted by Gasteiger charge is -2.38. The molecule has 0 aromatic heterocycles. The summed E-state index contributed by atoms with van der Waals surface area (Å²) < 4.78 is 39.6. The summed E-state index contributed by atoms with van der Waals surface area (Å²) >= 11 is 0. The van der Waals surface area contributed by atoms with Crippen molar-refractivity contribution < 1.29 is 23.1 Å². The third kappa shape index (κ3) is 4.54. The van der Waals surface area contributed by atoms with Crippen LogP contribution in [0.5, 0.6) is 0 Å². The molecule has 1 heterocycles. The van der Waals surface area contributed by atoms with Crippen LogP contribution in [0.3, 0.4) is 0 Å². The number of halogens is 3. The molecule has 2 atom stereocenters. The number of alkyl halides is 3. The fourth-order valence-electron chi connectivity index (χ4n) is 3.57. The Labute approximate surface area is 162 Å². The van der Waals surface area contributed by atoms with Gasteiger partial charge in [0.25, 0.3) is 0 Å². The predicted octanol–water partition coefficient (Wildman–Crippen LogP) is 3.15. The smallest absolute Gasteiger partial charge is 0.392 e. The zero-order valence-electron chi connectivity index (χ0n) is 15.5. The molecule has 7 heteroatoms. The summed E-state index contributed by atoms with van der Waals surface area (Å²) in [4.78, 5) is 14.4. The molecule has 28 heavy (non-hydrogen) atoms. The topological polar surface area (TPSA) is 52.6 Å². The average molecular weight is 392 g/mol. The molecule has 150 valence electrons. The Morgan fingerprint density at radius 1 is 1.25 bits per heavy atom. The first kappa shape index (κ1) is 20.4. The maximum atomic E-state index is 13.2. The molecule has 1 amide bonds. The molecule has 2 aromatic rings. The number of nitrogens with zero attached hydrogens (tertiary/aromatic N) is 1. The Morgan fingerprint density at radius 2 is 2.00 bits per heavy atom. The van der Waals surface area contributed by atoms with Gasteiger partial charge in [0.1, 0.15) is 0 Å². The zero-order chi connectivity index (χ0) is 20.3. The molecule has 0 aliphatic carbocycles. The summed E-state index contributed by atoms with van der Waals surface area (Å²) in [7, 11) is 0. The molecule has 2 unspecified atom stereocenters. The average Bonchev–Trinajstić information content (AvgIpc) is 2.66. The molecule has 1 aliphatic rings. The lowest BCUT2D eigenvalue weighted by molar-refractivity contribution is -0.137. The van der Waals surface area contributed by atoms with Crippen LogP contribution in [0.25, 0.3) is 0 Å². The van der Waals surface area contributed by atoms with Crippen LogP contribution in [-0.2, 0) is 17.4 Å². The molecular formula is C21H23F3N2O2. The van der Waals surface area contributed by atoms with Crippen LogP contribution in [0, 0.1) is 0 Å². The summed E-state index contributed by atoms with van der Waals surface area (Å²) in [5, 5.41) is 12.2. The monoisotopic (exact) mass is 392 g/mol. The van der Waals surface area contributed by atoms with E-state index in [4.69, 9.17) is 0 Å². The molecule has 2 N–H and O–H groups in total. The second kappa shape index (κ2) is 8.32. The Balaban J connectivity index is 1.96. The van der Waals surface area contributed by atoms with E-state index in [2.05, 4.69) is 5.32 Å². The molecular weight excluding hydrogens is 369 g/mol. The molecule has 3 rings (SSSR count). The number of amides is 1. The first-order valence-corrected chi connectivity index (χ1v) is 9.20. The van der Waals surface area contributed by atoms with E-state index in [0.29, 0.717) is 18.5 Å². The van der Waals surface area contributed by atoms with Gasteiger partial charge in [-0.25, -0.2) is 0 Å². The number of fused-ring (bicyclic) bond motifs is 1. The number of carbonyl (C=O) groups excluding carboxylic acids is 1. The SMILES string of the molecule is CC(O)CNCC(=O)N1CCc2ccccc2C1c1cccc(C(F)(F)F)c1. The number of benzene rings is 2. The number of nitrogens with one attached hydrogen (secondary N) is 1. The summed E-state index contributed by atoms with van der Waals surface area (Å²) in [5.41, 5.74) is 1.58. The van der Waals surface area contributed by atoms with Crippen molar-refractivity contribution in [2.24, 2.45) is 0 Å². The van der Waals surface area contributed by atoms with Crippen molar-refractivity contribution in [2.75, 3.05) is 19.6 Å². The quantitative estimate of drug-likeness (QED) is 0.822. The fraction of sp³-hybridized carbons (Fsp3) is 0.381. The van der Waals surface area contributed by atoms with Gasteiger partial charge in [-0.2, -0.15) is 13.2 Å². The van der Waals surface area contributed by atoms with Gasteiger partial charge in [-0.15, -0.1) is 0 Å². The third-order valence-electron chi connectivity index (χ3n) is 4.85. The van der Waals surface area contributed by atoms with E-state index in [0.717, 1.165) is 23.3 Å². The van der Waals surface area contributed by atoms with Crippen molar-refractivity contribution in [1.29, 1.82) is 0 Å². The van der Waals surface area contributed by atoms with Crippen LogP contribution >= 0.6 is 0 Å². The maximum Gasteiger partial charge on any atom is 0.416 e. The second-order valence-electron chi connectivity index (χ2n) is 7.04. The molecule has 0 saturated carbocycles. The molecule has 0 fully saturated rings. The van der Waals surface area contributed by atoms with Gasteiger partial charge in [0.05, 0.1) is 24.3 Å². The van der Waals surface area contributed by atoms with Crippen molar-refractivity contribution >= 4 is 5.91 Å². The van der Waals surface area contributed by atoms with Crippen molar-refractivity contribution in [1.82, 2.24) is 10.2 Å². The Kier molecular flexibility index (Phi) is 6.05. The molecule has 0 saturated heterocycles. The van der Waals surface area contributed by atoms with Crippen molar-refractivity contribution in [3.63, 3.8) is 0 Å². The van der Waals surface area contributed by atoms with Gasteiger partial charge in [0.15, 0.2) is 0 Å². The Hall–Kier alpha value is -2.38. The molecule has 0 spiro atoms. The summed E-state index contributed by atoms with van der Waals surface area (Å²) in [6.07, 6.45) is -4.39. The van der Waals surface area contributed by atoms with Gasteiger partial charge in [-0.1, -0.05) is 36.4 Å². The number of hydrogen-bond acceptors (Lipinski definition) is 3. The van der Waals surface area contributed by atoms with Crippen molar-refractivity contribution in [3.05, 3.63) is 70.8 Å². The fourth-order valence-corrected chi connectivity index (χ4v) is 3.57. The molecule has 2 aromatic carbocycles. The summed E-state index contributed by atoms with van der Waals surface area (Å²) in [5.74, 6) is -0.211. The first-order chi connectivity index (χ1) is 13.3. The van der Waals surface area contributed by atoms with Crippen LogP contribution in [0.15, 0.2) is 48.5 Å². The minimum atomic E-state index is -4.45. The minimum Gasteiger partial charge on any atom is -0.392 e. The van der Waals surface area contributed by atoms with E-state index in [1.54, 1.807) is 17.9 Å². The van der Waals surface area contributed by atoms with Crippen molar-refractivity contribution in [2.45, 2.75) is 31.7 Å². The third-order valence-corrected chi connectivity index (χ3v) is 4.85. The van der Waals surface area contributed by atoms with Crippen LogP contribution in [0.1, 0.15) is 35.2 Å². The van der Waals surface area contributed by atoms with Gasteiger partial charge in [0, 0.05) is 13.1 Å². The van der Waals surface area contributed by atoms with Crippen LogP contribution in [-0.4, -0.2) is 41.7 Å². The van der Waals surface area contributed by atoms with Gasteiger partial charge in [0.2, 0.25) is 5.91 Å². The second-order valence-corrected chi connectivity index (χ2v) is 7.04. The molecule has 1 aliphatic heterocycles. The largest absolute Gasteiger partial charge is 0.416 e. The van der Waals surface area contributed by atoms with Gasteiger partial charge < -0.3 is 15.3 Å². The Bertz CT molecular complexity index is 836. The van der Waals surface area contributed by atoms with Gasteiger partial charge in [-0.05, 0) is 42.2 Å². The van der Waals surface area contributed by atoms with E-state index in [1.165, 1.54) is 6.07 Å². The van der Waals surface area contributed by atoms with Gasteiger partial charge >= 0.3 is 6.18 Å². The number of carbonyl (C=O) groups is 1. The van der Waals surface area contributed by atoms with Crippen molar-refractivity contribution in [3.8, 4) is 0 Å². The van der Waals surface area contributed by atoms with Gasteiger partial charge in [-0.3, -0.25) is 4.79 Å². The van der Waals surface area contributed by atoms with E-state index in [9.17, 15) is 23.1 Å². The summed E-state index contributed by atoms with van der Waals surface area (Å²) in [6.45, 7) is 2.32. The number of aliphatic hydroxyl groups excluding tert-OH is 1. The highest BCUT2D eigenvalue weighted by molar-refractivity contribution is 5.79. The lowest BCUT2D eigenvalue weighted by atomic mass is 9.87. The minimum absolute atomic E-state index is 0.0164. The normalized spacial score (nSPS) is 17.9. The van der Waals surface area contributed by atoms with E-state index in [1.807, 2.05) is 24.3 Å². The lowest BCUT2D eigenvalue weighted by Crippen LogP contribution is -2.45. The van der Waals surface area contributed by atoms with Crippen LogP contribution < -0.4 is 5.32 Å². The van der Waals surface area contributed by atoms with Crippen LogP contribution in [0.4, 0.5) is 13.2 Å². The standard InChI is InChI=1S/C21H23F3N2O2/c1-14(27)12-25-13-19(28)26-10-9-15-5-2-3-8-18(15)20(26)16-6-4-7-17(11-16)21(22,23)24/h2-8,11,14,20,25,27H,9-10,12-13H2,1H3. The van der Waals surface area contributed by atoms with E-state index < -0.39 is 23.9 Å². The highest BCUT2D eigenvalue weighted by atomic mass is 19.4. The number of aliphatic hydroxyl groups is 1. The predicted molar refractivity (Wildman–Crippen MR) is 99.7 cm³/mol. The van der Waals surface area contributed by atoms with Crippen LogP contribution in [0.2, 0.25) is 0 Å². The van der Waals surface area contributed by atoms with E-state index in [-0.39, 0.29) is 19.0 Å². The highest BCUT2D eigenvalue weighted by Crippen LogP contribution is 2.37. The molecule has 0 radical (unpaired) electrons. The first-order valence-electron chi connectivity index (χ1n) is 9.20. The number of rotatable bonds is 5. The highest BCUT2D eigenvalue weighted by Gasteiger charge is 2.35. The Morgan fingerprint density at radius 3 is 2.71 bits per heavy atom. The zero-order valence-corrected chi connectivity index (χ0v) is 15.5. The molecule has 0 bridgehead atoms. The van der Waals surface area contributed by atoms with E-state index >= 15 is 0 Å². The maximum absolute atomic E-state index is 13.2. The summed E-state index contributed by atoms with van der Waals surface area (Å²) in [6, 6.07) is 12.1. The number of hydrogen-bond donors (Lipinski definition) is 2.